The minimum Gasteiger partial charge on any atom is -0.271 e. The monoisotopic (exact) mass is 272 g/mol. The Morgan fingerprint density at radius 3 is 2.15 bits per heavy atom. The molecule has 0 fully saturated rings. The van der Waals surface area contributed by atoms with Crippen molar-refractivity contribution < 1.29 is 4.39 Å². The van der Waals surface area contributed by atoms with Crippen LogP contribution in [0.1, 0.15) is 42.5 Å². The average Bonchev–Trinajstić information content (AvgIpc) is 2.46. The molecule has 2 aromatic carbocycles. The first-order valence-corrected chi connectivity index (χ1v) is 6.91. The van der Waals surface area contributed by atoms with Crippen LogP contribution >= 0.6 is 0 Å². The van der Waals surface area contributed by atoms with Gasteiger partial charge in [-0.2, -0.15) is 0 Å². The second-order valence-electron chi connectivity index (χ2n) is 5.34. The Hall–Kier alpha value is -1.71. The van der Waals surface area contributed by atoms with Gasteiger partial charge in [0.05, 0.1) is 6.04 Å². The summed E-state index contributed by atoms with van der Waals surface area (Å²) in [6, 6.07) is 15.0. The number of halogens is 1. The highest BCUT2D eigenvalue weighted by Gasteiger charge is 2.13. The fourth-order valence-electron chi connectivity index (χ4n) is 2.27. The van der Waals surface area contributed by atoms with Gasteiger partial charge >= 0.3 is 0 Å². The lowest BCUT2D eigenvalue weighted by Crippen LogP contribution is -2.29. The Morgan fingerprint density at radius 2 is 1.60 bits per heavy atom. The highest BCUT2D eigenvalue weighted by molar-refractivity contribution is 5.29. The molecule has 0 aliphatic rings. The third-order valence-corrected chi connectivity index (χ3v) is 3.59. The zero-order valence-electron chi connectivity index (χ0n) is 11.9. The van der Waals surface area contributed by atoms with Gasteiger partial charge in [0.15, 0.2) is 0 Å². The van der Waals surface area contributed by atoms with Gasteiger partial charge in [-0.3, -0.25) is 11.3 Å². The lowest BCUT2D eigenvalue weighted by Gasteiger charge is -2.17. The van der Waals surface area contributed by atoms with Crippen LogP contribution in [0.4, 0.5) is 4.39 Å². The van der Waals surface area contributed by atoms with Gasteiger partial charge in [-0.05, 0) is 35.1 Å². The van der Waals surface area contributed by atoms with E-state index in [0.717, 1.165) is 5.56 Å². The molecule has 1 atom stereocenters. The van der Waals surface area contributed by atoms with E-state index in [-0.39, 0.29) is 11.9 Å². The number of hydrogen-bond donors (Lipinski definition) is 2. The summed E-state index contributed by atoms with van der Waals surface area (Å²) in [5, 5.41) is 0. The average molecular weight is 272 g/mol. The van der Waals surface area contributed by atoms with E-state index < -0.39 is 0 Å². The fourth-order valence-corrected chi connectivity index (χ4v) is 2.27. The molecule has 3 heteroatoms. The number of hydrazine groups is 1. The summed E-state index contributed by atoms with van der Waals surface area (Å²) >= 11 is 0. The van der Waals surface area contributed by atoms with E-state index in [4.69, 9.17) is 5.84 Å². The second-order valence-corrected chi connectivity index (χ2v) is 5.34. The van der Waals surface area contributed by atoms with Crippen LogP contribution in [0.2, 0.25) is 0 Å². The van der Waals surface area contributed by atoms with Crippen molar-refractivity contribution in [1.29, 1.82) is 0 Å². The molecule has 0 spiro atoms. The maximum absolute atomic E-state index is 13.7. The molecular weight excluding hydrogens is 251 g/mol. The van der Waals surface area contributed by atoms with E-state index in [0.29, 0.717) is 17.9 Å². The van der Waals surface area contributed by atoms with Crippen LogP contribution < -0.4 is 11.3 Å². The molecule has 2 rings (SSSR count). The van der Waals surface area contributed by atoms with Gasteiger partial charge in [-0.1, -0.05) is 56.3 Å². The topological polar surface area (TPSA) is 38.0 Å². The predicted octanol–water partition coefficient (Wildman–Crippen LogP) is 3.70. The second kappa shape index (κ2) is 6.64. The van der Waals surface area contributed by atoms with E-state index in [1.165, 1.54) is 11.6 Å². The smallest absolute Gasteiger partial charge is 0.126 e. The lowest BCUT2D eigenvalue weighted by molar-refractivity contribution is 0.529. The van der Waals surface area contributed by atoms with Crippen LogP contribution in [0.25, 0.3) is 0 Å². The molecule has 0 saturated heterocycles. The van der Waals surface area contributed by atoms with Gasteiger partial charge in [0.25, 0.3) is 0 Å². The summed E-state index contributed by atoms with van der Waals surface area (Å²) in [7, 11) is 0. The summed E-state index contributed by atoms with van der Waals surface area (Å²) < 4.78 is 13.7. The standard InChI is InChI=1S/C17H21FN2/c1-12(2)13-7-9-14(10-8-13)17(20-19)11-15-5-3-4-6-16(15)18/h3-10,12,17,20H,11,19H2,1-2H3. The van der Waals surface area contributed by atoms with E-state index in [2.05, 4.69) is 43.5 Å². The van der Waals surface area contributed by atoms with Gasteiger partial charge in [0.2, 0.25) is 0 Å². The maximum atomic E-state index is 13.7. The summed E-state index contributed by atoms with van der Waals surface area (Å²) in [4.78, 5) is 0. The molecule has 2 nitrogen and oxygen atoms in total. The minimum absolute atomic E-state index is 0.0897. The quantitative estimate of drug-likeness (QED) is 0.643. The summed E-state index contributed by atoms with van der Waals surface area (Å²) in [6.45, 7) is 4.32. The fraction of sp³-hybridized carbons (Fsp3) is 0.294. The third kappa shape index (κ3) is 3.44. The molecule has 106 valence electrons. The number of rotatable bonds is 5. The van der Waals surface area contributed by atoms with Crippen molar-refractivity contribution in [3.05, 3.63) is 71.0 Å². The van der Waals surface area contributed by atoms with E-state index in [1.807, 2.05) is 6.07 Å². The molecule has 0 bridgehead atoms. The van der Waals surface area contributed by atoms with Crippen molar-refractivity contribution in [3.8, 4) is 0 Å². The molecule has 0 aliphatic heterocycles. The first-order chi connectivity index (χ1) is 9.61. The van der Waals surface area contributed by atoms with Gasteiger partial charge in [-0.15, -0.1) is 0 Å². The Balaban J connectivity index is 2.18. The van der Waals surface area contributed by atoms with Crippen molar-refractivity contribution >= 4 is 0 Å². The zero-order chi connectivity index (χ0) is 14.5. The highest BCUT2D eigenvalue weighted by Crippen LogP contribution is 2.22. The molecule has 0 aromatic heterocycles. The predicted molar refractivity (Wildman–Crippen MR) is 80.7 cm³/mol. The van der Waals surface area contributed by atoms with Crippen LogP contribution in [0, 0.1) is 5.82 Å². The van der Waals surface area contributed by atoms with Crippen molar-refractivity contribution in [2.45, 2.75) is 32.2 Å². The molecule has 3 N–H and O–H groups in total. The van der Waals surface area contributed by atoms with Gasteiger partial charge in [0.1, 0.15) is 5.82 Å². The van der Waals surface area contributed by atoms with Crippen molar-refractivity contribution in [3.63, 3.8) is 0 Å². The zero-order valence-corrected chi connectivity index (χ0v) is 11.9. The molecule has 1 unspecified atom stereocenters. The van der Waals surface area contributed by atoms with Crippen molar-refractivity contribution in [2.75, 3.05) is 0 Å². The maximum Gasteiger partial charge on any atom is 0.126 e. The van der Waals surface area contributed by atoms with Crippen LogP contribution in [-0.4, -0.2) is 0 Å². The molecule has 0 radical (unpaired) electrons. The molecule has 0 amide bonds. The first-order valence-electron chi connectivity index (χ1n) is 6.91. The Kier molecular flexibility index (Phi) is 4.88. The van der Waals surface area contributed by atoms with Crippen LogP contribution in [0.5, 0.6) is 0 Å². The number of benzene rings is 2. The Labute approximate surface area is 119 Å². The van der Waals surface area contributed by atoms with Crippen LogP contribution in [0.3, 0.4) is 0 Å². The Bertz CT molecular complexity index is 549. The van der Waals surface area contributed by atoms with Gasteiger partial charge in [0, 0.05) is 0 Å². The SMILES string of the molecule is CC(C)c1ccc(C(Cc2ccccc2F)NN)cc1. The first kappa shape index (κ1) is 14.7. The summed E-state index contributed by atoms with van der Waals surface area (Å²) in [6.07, 6.45) is 0.532. The van der Waals surface area contributed by atoms with Crippen molar-refractivity contribution in [1.82, 2.24) is 5.43 Å². The van der Waals surface area contributed by atoms with Gasteiger partial charge in [-0.25, -0.2) is 4.39 Å². The van der Waals surface area contributed by atoms with Gasteiger partial charge < -0.3 is 0 Å². The van der Waals surface area contributed by atoms with Crippen LogP contribution in [0.15, 0.2) is 48.5 Å². The molecule has 0 heterocycles. The number of nitrogens with two attached hydrogens (primary N) is 1. The van der Waals surface area contributed by atoms with E-state index in [9.17, 15) is 4.39 Å². The normalized spacial score (nSPS) is 12.7. The summed E-state index contributed by atoms with van der Waals surface area (Å²) in [5.74, 6) is 5.94. The highest BCUT2D eigenvalue weighted by atomic mass is 19.1. The van der Waals surface area contributed by atoms with E-state index in [1.54, 1.807) is 12.1 Å². The minimum atomic E-state index is -0.188. The Morgan fingerprint density at radius 1 is 1.00 bits per heavy atom. The molecule has 20 heavy (non-hydrogen) atoms. The molecule has 0 aliphatic carbocycles. The van der Waals surface area contributed by atoms with Crippen LogP contribution in [-0.2, 0) is 6.42 Å². The molecule has 0 saturated carbocycles. The third-order valence-electron chi connectivity index (χ3n) is 3.59. The summed E-state index contributed by atoms with van der Waals surface area (Å²) in [5.41, 5.74) is 5.80. The van der Waals surface area contributed by atoms with Crippen molar-refractivity contribution in [2.24, 2.45) is 5.84 Å². The molecule has 2 aromatic rings. The number of hydrogen-bond acceptors (Lipinski definition) is 2. The largest absolute Gasteiger partial charge is 0.271 e. The molecular formula is C17H21FN2. The lowest BCUT2D eigenvalue weighted by atomic mass is 9.96. The number of nitrogens with one attached hydrogen (secondary N) is 1. The van der Waals surface area contributed by atoms with E-state index >= 15 is 0 Å².